The van der Waals surface area contributed by atoms with E-state index in [4.69, 9.17) is 11.6 Å². The van der Waals surface area contributed by atoms with Crippen molar-refractivity contribution in [2.75, 3.05) is 6.54 Å². The Kier molecular flexibility index (Phi) is 4.81. The van der Waals surface area contributed by atoms with Gasteiger partial charge in [0.2, 0.25) is 0 Å². The Bertz CT molecular complexity index is 461. The van der Waals surface area contributed by atoms with Gasteiger partial charge in [-0.25, -0.2) is 4.98 Å². The Balaban J connectivity index is 1.94. The van der Waals surface area contributed by atoms with E-state index in [9.17, 15) is 4.79 Å². The predicted molar refractivity (Wildman–Crippen MR) is 77.5 cm³/mol. The summed E-state index contributed by atoms with van der Waals surface area (Å²) in [6, 6.07) is 3.45. The number of aromatic nitrogens is 1. The SMILES string of the molecule is CCc1cc(C(=O)NCC2CCC(C)C2)cc(Cl)n1. The van der Waals surface area contributed by atoms with Crippen LogP contribution in [0.25, 0.3) is 0 Å². The molecule has 0 spiro atoms. The summed E-state index contributed by atoms with van der Waals surface area (Å²) in [6.07, 6.45) is 4.50. The minimum Gasteiger partial charge on any atom is -0.352 e. The number of carbonyl (C=O) groups excluding carboxylic acids is 1. The molecule has 2 atom stereocenters. The lowest BCUT2D eigenvalue weighted by Gasteiger charge is -2.11. The number of hydrogen-bond acceptors (Lipinski definition) is 2. The highest BCUT2D eigenvalue weighted by Crippen LogP contribution is 2.29. The summed E-state index contributed by atoms with van der Waals surface area (Å²) in [4.78, 5) is 16.3. The largest absolute Gasteiger partial charge is 0.352 e. The van der Waals surface area contributed by atoms with Gasteiger partial charge < -0.3 is 5.32 Å². The molecule has 1 aromatic rings. The van der Waals surface area contributed by atoms with Crippen LogP contribution in [0, 0.1) is 11.8 Å². The third-order valence-corrected chi connectivity index (χ3v) is 4.02. The molecule has 1 amide bonds. The molecule has 19 heavy (non-hydrogen) atoms. The van der Waals surface area contributed by atoms with Gasteiger partial charge in [-0.2, -0.15) is 0 Å². The summed E-state index contributed by atoms with van der Waals surface area (Å²) < 4.78 is 0. The fourth-order valence-corrected chi connectivity index (χ4v) is 2.94. The smallest absolute Gasteiger partial charge is 0.251 e. The van der Waals surface area contributed by atoms with E-state index in [0.717, 1.165) is 24.6 Å². The Morgan fingerprint density at radius 1 is 1.47 bits per heavy atom. The van der Waals surface area contributed by atoms with Crippen LogP contribution in [0.2, 0.25) is 5.15 Å². The van der Waals surface area contributed by atoms with Crippen molar-refractivity contribution in [3.8, 4) is 0 Å². The van der Waals surface area contributed by atoms with Crippen molar-refractivity contribution >= 4 is 17.5 Å². The van der Waals surface area contributed by atoms with E-state index in [1.54, 1.807) is 6.07 Å². The average Bonchev–Trinajstić information content (AvgIpc) is 2.81. The third-order valence-electron chi connectivity index (χ3n) is 3.83. The minimum absolute atomic E-state index is 0.0430. The molecule has 2 rings (SSSR count). The Morgan fingerprint density at radius 3 is 2.89 bits per heavy atom. The molecule has 0 aromatic carbocycles. The Labute approximate surface area is 119 Å². The molecule has 0 aliphatic heterocycles. The molecular weight excluding hydrogens is 260 g/mol. The molecule has 4 heteroatoms. The van der Waals surface area contributed by atoms with Gasteiger partial charge in [0.25, 0.3) is 5.91 Å². The molecule has 1 aliphatic carbocycles. The molecule has 0 bridgehead atoms. The predicted octanol–water partition coefficient (Wildman–Crippen LogP) is 3.46. The number of carbonyl (C=O) groups is 1. The van der Waals surface area contributed by atoms with Crippen molar-refractivity contribution in [3.05, 3.63) is 28.5 Å². The zero-order chi connectivity index (χ0) is 13.8. The van der Waals surface area contributed by atoms with Gasteiger partial charge in [-0.3, -0.25) is 4.79 Å². The summed E-state index contributed by atoms with van der Waals surface area (Å²) in [6.45, 7) is 5.04. The molecule has 1 aromatic heterocycles. The standard InChI is InChI=1S/C15H21ClN2O/c1-3-13-7-12(8-14(16)18-13)15(19)17-9-11-5-4-10(2)6-11/h7-8,10-11H,3-6,9H2,1-2H3,(H,17,19). The molecule has 1 fully saturated rings. The quantitative estimate of drug-likeness (QED) is 0.858. The minimum atomic E-state index is -0.0430. The van der Waals surface area contributed by atoms with E-state index >= 15 is 0 Å². The van der Waals surface area contributed by atoms with E-state index in [-0.39, 0.29) is 5.91 Å². The lowest BCUT2D eigenvalue weighted by Crippen LogP contribution is -2.28. The van der Waals surface area contributed by atoms with Crippen LogP contribution in [-0.2, 0) is 6.42 Å². The third kappa shape index (κ3) is 3.93. The van der Waals surface area contributed by atoms with Crippen molar-refractivity contribution in [2.45, 2.75) is 39.5 Å². The number of hydrogen-bond donors (Lipinski definition) is 1. The lowest BCUT2D eigenvalue weighted by molar-refractivity contribution is 0.0947. The molecule has 0 radical (unpaired) electrons. The molecule has 1 heterocycles. The highest BCUT2D eigenvalue weighted by atomic mass is 35.5. The summed E-state index contributed by atoms with van der Waals surface area (Å²) >= 11 is 5.93. The van der Waals surface area contributed by atoms with Crippen LogP contribution in [0.4, 0.5) is 0 Å². The van der Waals surface area contributed by atoms with E-state index in [0.29, 0.717) is 16.6 Å². The lowest BCUT2D eigenvalue weighted by atomic mass is 10.1. The van der Waals surface area contributed by atoms with Crippen molar-refractivity contribution in [1.82, 2.24) is 10.3 Å². The number of amides is 1. The zero-order valence-electron chi connectivity index (χ0n) is 11.6. The number of pyridine rings is 1. The topological polar surface area (TPSA) is 42.0 Å². The van der Waals surface area contributed by atoms with Crippen molar-refractivity contribution in [1.29, 1.82) is 0 Å². The van der Waals surface area contributed by atoms with E-state index in [2.05, 4.69) is 17.2 Å². The summed E-state index contributed by atoms with van der Waals surface area (Å²) in [5.74, 6) is 1.38. The number of nitrogens with zero attached hydrogens (tertiary/aromatic N) is 1. The first-order chi connectivity index (χ1) is 9.08. The second-order valence-electron chi connectivity index (χ2n) is 5.52. The first kappa shape index (κ1) is 14.3. The van der Waals surface area contributed by atoms with Gasteiger partial charge in [0.05, 0.1) is 0 Å². The number of halogens is 1. The average molecular weight is 281 g/mol. The molecular formula is C15H21ClN2O. The monoisotopic (exact) mass is 280 g/mol. The fraction of sp³-hybridized carbons (Fsp3) is 0.600. The summed E-state index contributed by atoms with van der Waals surface area (Å²) in [5, 5.41) is 3.40. The van der Waals surface area contributed by atoms with Gasteiger partial charge in [-0.05, 0) is 43.2 Å². The summed E-state index contributed by atoms with van der Waals surface area (Å²) in [7, 11) is 0. The van der Waals surface area contributed by atoms with Crippen LogP contribution in [-0.4, -0.2) is 17.4 Å². The molecule has 2 unspecified atom stereocenters. The molecule has 1 N–H and O–H groups in total. The van der Waals surface area contributed by atoms with Gasteiger partial charge in [-0.15, -0.1) is 0 Å². The maximum absolute atomic E-state index is 12.1. The zero-order valence-corrected chi connectivity index (χ0v) is 12.3. The van der Waals surface area contributed by atoms with Gasteiger partial charge in [0, 0.05) is 17.8 Å². The molecule has 1 aliphatic rings. The Morgan fingerprint density at radius 2 is 2.26 bits per heavy atom. The van der Waals surface area contributed by atoms with Crippen LogP contribution in [0.3, 0.4) is 0 Å². The molecule has 0 saturated heterocycles. The fourth-order valence-electron chi connectivity index (χ4n) is 2.71. The number of rotatable bonds is 4. The van der Waals surface area contributed by atoms with Crippen LogP contribution in [0.15, 0.2) is 12.1 Å². The number of aryl methyl sites for hydroxylation is 1. The van der Waals surface area contributed by atoms with Crippen LogP contribution in [0.1, 0.15) is 49.2 Å². The normalized spacial score (nSPS) is 22.5. The van der Waals surface area contributed by atoms with E-state index < -0.39 is 0 Å². The van der Waals surface area contributed by atoms with Gasteiger partial charge in [-0.1, -0.05) is 31.9 Å². The van der Waals surface area contributed by atoms with Crippen LogP contribution < -0.4 is 5.32 Å². The van der Waals surface area contributed by atoms with Crippen LogP contribution >= 0.6 is 11.6 Å². The van der Waals surface area contributed by atoms with Crippen molar-refractivity contribution < 1.29 is 4.79 Å². The van der Waals surface area contributed by atoms with Gasteiger partial charge in [0.1, 0.15) is 5.15 Å². The first-order valence-corrected chi connectivity index (χ1v) is 7.41. The van der Waals surface area contributed by atoms with E-state index in [1.807, 2.05) is 13.0 Å². The van der Waals surface area contributed by atoms with Crippen LogP contribution in [0.5, 0.6) is 0 Å². The van der Waals surface area contributed by atoms with Crippen molar-refractivity contribution in [3.63, 3.8) is 0 Å². The van der Waals surface area contributed by atoms with Gasteiger partial charge >= 0.3 is 0 Å². The number of nitrogens with one attached hydrogen (secondary N) is 1. The highest BCUT2D eigenvalue weighted by molar-refractivity contribution is 6.29. The maximum Gasteiger partial charge on any atom is 0.251 e. The molecule has 3 nitrogen and oxygen atoms in total. The van der Waals surface area contributed by atoms with Gasteiger partial charge in [0.15, 0.2) is 0 Å². The Hall–Kier alpha value is -1.09. The molecule has 1 saturated carbocycles. The first-order valence-electron chi connectivity index (χ1n) is 7.03. The summed E-state index contributed by atoms with van der Waals surface area (Å²) in [5.41, 5.74) is 1.47. The second-order valence-corrected chi connectivity index (χ2v) is 5.90. The van der Waals surface area contributed by atoms with Crippen molar-refractivity contribution in [2.24, 2.45) is 11.8 Å². The maximum atomic E-state index is 12.1. The highest BCUT2D eigenvalue weighted by Gasteiger charge is 2.21. The van der Waals surface area contributed by atoms with E-state index in [1.165, 1.54) is 19.3 Å². The molecule has 104 valence electrons. The second kappa shape index (κ2) is 6.38.